The number of rotatable bonds is 3. The first-order chi connectivity index (χ1) is 6.65. The van der Waals surface area contributed by atoms with Crippen LogP contribution >= 0.6 is 0 Å². The summed E-state index contributed by atoms with van der Waals surface area (Å²) < 4.78 is 0. The van der Waals surface area contributed by atoms with E-state index in [0.29, 0.717) is 17.7 Å². The Morgan fingerprint density at radius 1 is 1.64 bits per heavy atom. The van der Waals surface area contributed by atoms with Crippen LogP contribution in [0.5, 0.6) is 5.75 Å². The molecule has 0 radical (unpaired) electrons. The van der Waals surface area contributed by atoms with E-state index in [-0.39, 0.29) is 11.7 Å². The minimum absolute atomic E-state index is 0.159. The Kier molecular flexibility index (Phi) is 3.29. The number of aryl methyl sites for hydroxylation is 1. The van der Waals surface area contributed by atoms with Crippen molar-refractivity contribution in [2.75, 3.05) is 6.54 Å². The highest BCUT2D eigenvalue weighted by Gasteiger charge is 2.05. The van der Waals surface area contributed by atoms with Gasteiger partial charge in [0, 0.05) is 12.1 Å². The molecule has 0 atom stereocenters. The van der Waals surface area contributed by atoms with Gasteiger partial charge >= 0.3 is 0 Å². The van der Waals surface area contributed by atoms with E-state index in [9.17, 15) is 9.90 Å². The van der Waals surface area contributed by atoms with Gasteiger partial charge in [0.15, 0.2) is 0 Å². The Morgan fingerprint density at radius 2 is 2.36 bits per heavy atom. The van der Waals surface area contributed by atoms with Crippen LogP contribution in [0.25, 0.3) is 0 Å². The quantitative estimate of drug-likeness (QED) is 0.713. The number of carbonyl (C=O) groups is 1. The third-order valence-corrected chi connectivity index (χ3v) is 1.87. The van der Waals surface area contributed by atoms with Crippen molar-refractivity contribution in [3.05, 3.63) is 42.0 Å². The molecule has 0 fully saturated rings. The van der Waals surface area contributed by atoms with Crippen LogP contribution in [-0.4, -0.2) is 17.6 Å². The molecule has 1 amide bonds. The highest BCUT2D eigenvalue weighted by atomic mass is 16.3. The van der Waals surface area contributed by atoms with E-state index in [2.05, 4.69) is 11.9 Å². The fourth-order valence-electron chi connectivity index (χ4n) is 1.06. The highest BCUT2D eigenvalue weighted by Crippen LogP contribution is 2.16. The van der Waals surface area contributed by atoms with Crippen LogP contribution in [0.1, 0.15) is 15.9 Å². The molecule has 2 N–H and O–H groups in total. The van der Waals surface area contributed by atoms with E-state index >= 15 is 0 Å². The number of hydrogen-bond donors (Lipinski definition) is 2. The second kappa shape index (κ2) is 4.46. The molecule has 74 valence electrons. The molecule has 0 bridgehead atoms. The second-order valence-corrected chi connectivity index (χ2v) is 3.00. The van der Waals surface area contributed by atoms with Crippen molar-refractivity contribution in [3.63, 3.8) is 0 Å². The van der Waals surface area contributed by atoms with E-state index in [4.69, 9.17) is 0 Å². The van der Waals surface area contributed by atoms with Gasteiger partial charge in [0.05, 0.1) is 0 Å². The van der Waals surface area contributed by atoms with Crippen LogP contribution in [0.15, 0.2) is 30.9 Å². The summed E-state index contributed by atoms with van der Waals surface area (Å²) in [5, 5.41) is 11.9. The van der Waals surface area contributed by atoms with Gasteiger partial charge < -0.3 is 10.4 Å². The fraction of sp³-hybridized carbons (Fsp3) is 0.182. The molecule has 0 saturated heterocycles. The van der Waals surface area contributed by atoms with Gasteiger partial charge in [-0.25, -0.2) is 0 Å². The maximum atomic E-state index is 11.4. The molecule has 0 aliphatic rings. The molecule has 1 aromatic rings. The number of aromatic hydroxyl groups is 1. The number of phenols is 1. The van der Waals surface area contributed by atoms with Gasteiger partial charge in [-0.1, -0.05) is 6.08 Å². The van der Waals surface area contributed by atoms with Crippen molar-refractivity contribution in [2.45, 2.75) is 6.92 Å². The summed E-state index contributed by atoms with van der Waals surface area (Å²) in [5.41, 5.74) is 1.23. The number of carbonyl (C=O) groups excluding carboxylic acids is 1. The Labute approximate surface area is 83.1 Å². The van der Waals surface area contributed by atoms with Crippen molar-refractivity contribution >= 4 is 5.91 Å². The number of benzene rings is 1. The summed E-state index contributed by atoms with van der Waals surface area (Å²) in [6.45, 7) is 5.70. The molecule has 0 spiro atoms. The SMILES string of the molecule is C=CCNC(=O)c1ccc(O)c(C)c1. The predicted octanol–water partition coefficient (Wildman–Crippen LogP) is 1.62. The number of hydrogen-bond acceptors (Lipinski definition) is 2. The molecular formula is C11H13NO2. The summed E-state index contributed by atoms with van der Waals surface area (Å²) in [4.78, 5) is 11.4. The van der Waals surface area contributed by atoms with Gasteiger partial charge in [-0.3, -0.25) is 4.79 Å². The zero-order valence-electron chi connectivity index (χ0n) is 8.08. The van der Waals surface area contributed by atoms with E-state index in [1.54, 1.807) is 25.1 Å². The normalized spacial score (nSPS) is 9.50. The van der Waals surface area contributed by atoms with Crippen LogP contribution in [0.4, 0.5) is 0 Å². The predicted molar refractivity (Wildman–Crippen MR) is 55.4 cm³/mol. The Morgan fingerprint density at radius 3 is 2.93 bits per heavy atom. The van der Waals surface area contributed by atoms with E-state index in [0.717, 1.165) is 0 Å². The summed E-state index contributed by atoms with van der Waals surface area (Å²) in [6, 6.07) is 4.74. The number of amides is 1. The van der Waals surface area contributed by atoms with Gasteiger partial charge in [0.25, 0.3) is 5.91 Å². The molecule has 1 aromatic carbocycles. The van der Waals surface area contributed by atoms with Gasteiger partial charge in [-0.05, 0) is 30.7 Å². The molecule has 0 saturated carbocycles. The van der Waals surface area contributed by atoms with Crippen LogP contribution in [-0.2, 0) is 0 Å². The first-order valence-corrected chi connectivity index (χ1v) is 4.34. The van der Waals surface area contributed by atoms with Crippen LogP contribution in [0, 0.1) is 6.92 Å². The maximum absolute atomic E-state index is 11.4. The Hall–Kier alpha value is -1.77. The van der Waals surface area contributed by atoms with E-state index in [1.165, 1.54) is 6.07 Å². The standard InChI is InChI=1S/C11H13NO2/c1-3-6-12-11(14)9-4-5-10(13)8(2)7-9/h3-5,7,13H,1,6H2,2H3,(H,12,14). The minimum Gasteiger partial charge on any atom is -0.508 e. The first kappa shape index (κ1) is 10.3. The van der Waals surface area contributed by atoms with Gasteiger partial charge in [-0.15, -0.1) is 6.58 Å². The Bertz CT molecular complexity index is 358. The van der Waals surface area contributed by atoms with Gasteiger partial charge in [0.1, 0.15) is 5.75 Å². The molecule has 0 heterocycles. The summed E-state index contributed by atoms with van der Waals surface area (Å²) in [5.74, 6) is 0.0401. The molecule has 0 aromatic heterocycles. The van der Waals surface area contributed by atoms with Crippen molar-refractivity contribution in [1.29, 1.82) is 0 Å². The van der Waals surface area contributed by atoms with Crippen molar-refractivity contribution in [1.82, 2.24) is 5.32 Å². The lowest BCUT2D eigenvalue weighted by molar-refractivity contribution is 0.0958. The molecule has 3 heteroatoms. The van der Waals surface area contributed by atoms with Crippen LogP contribution in [0.3, 0.4) is 0 Å². The topological polar surface area (TPSA) is 49.3 Å². The zero-order valence-corrected chi connectivity index (χ0v) is 8.08. The Balaban J connectivity index is 2.80. The average molecular weight is 191 g/mol. The minimum atomic E-state index is -0.159. The lowest BCUT2D eigenvalue weighted by Crippen LogP contribution is -2.23. The van der Waals surface area contributed by atoms with Crippen LogP contribution in [0.2, 0.25) is 0 Å². The smallest absolute Gasteiger partial charge is 0.251 e. The zero-order chi connectivity index (χ0) is 10.6. The monoisotopic (exact) mass is 191 g/mol. The summed E-state index contributed by atoms with van der Waals surface area (Å²) in [7, 11) is 0. The third-order valence-electron chi connectivity index (χ3n) is 1.87. The molecule has 0 aliphatic carbocycles. The van der Waals surface area contributed by atoms with Crippen LogP contribution < -0.4 is 5.32 Å². The van der Waals surface area contributed by atoms with Crippen molar-refractivity contribution < 1.29 is 9.90 Å². The van der Waals surface area contributed by atoms with Gasteiger partial charge in [0.2, 0.25) is 0 Å². The third kappa shape index (κ3) is 2.36. The molecule has 0 unspecified atom stereocenters. The molecular weight excluding hydrogens is 178 g/mol. The van der Waals surface area contributed by atoms with Crippen molar-refractivity contribution in [2.24, 2.45) is 0 Å². The number of phenolic OH excluding ortho intramolecular Hbond substituents is 1. The summed E-state index contributed by atoms with van der Waals surface area (Å²) in [6.07, 6.45) is 1.62. The second-order valence-electron chi connectivity index (χ2n) is 3.00. The van der Waals surface area contributed by atoms with Gasteiger partial charge in [-0.2, -0.15) is 0 Å². The lowest BCUT2D eigenvalue weighted by Gasteiger charge is -2.04. The fourth-order valence-corrected chi connectivity index (χ4v) is 1.06. The van der Waals surface area contributed by atoms with E-state index in [1.807, 2.05) is 0 Å². The van der Waals surface area contributed by atoms with E-state index < -0.39 is 0 Å². The molecule has 0 aliphatic heterocycles. The number of nitrogens with one attached hydrogen (secondary N) is 1. The first-order valence-electron chi connectivity index (χ1n) is 4.34. The largest absolute Gasteiger partial charge is 0.508 e. The summed E-state index contributed by atoms with van der Waals surface area (Å²) >= 11 is 0. The highest BCUT2D eigenvalue weighted by molar-refractivity contribution is 5.94. The lowest BCUT2D eigenvalue weighted by atomic mass is 10.1. The molecule has 1 rings (SSSR count). The molecule has 14 heavy (non-hydrogen) atoms. The average Bonchev–Trinajstić information content (AvgIpc) is 2.18. The maximum Gasteiger partial charge on any atom is 0.251 e. The van der Waals surface area contributed by atoms with Crippen molar-refractivity contribution in [3.8, 4) is 5.75 Å². The molecule has 3 nitrogen and oxygen atoms in total.